The Morgan fingerprint density at radius 3 is 2.39 bits per heavy atom. The highest BCUT2D eigenvalue weighted by atomic mass is 32.2. The van der Waals surface area contributed by atoms with Gasteiger partial charge in [-0.15, -0.1) is 0 Å². The van der Waals surface area contributed by atoms with E-state index in [4.69, 9.17) is 0 Å². The lowest BCUT2D eigenvalue weighted by atomic mass is 10.00. The molecule has 8 heteroatoms. The molecule has 2 aromatic carbocycles. The van der Waals surface area contributed by atoms with Crippen LogP contribution in [0.5, 0.6) is 0 Å². The summed E-state index contributed by atoms with van der Waals surface area (Å²) in [6.07, 6.45) is -2.38. The van der Waals surface area contributed by atoms with Crippen molar-refractivity contribution in [2.45, 2.75) is 36.9 Å². The van der Waals surface area contributed by atoms with Crippen molar-refractivity contribution in [3.05, 3.63) is 65.2 Å². The van der Waals surface area contributed by atoms with Crippen LogP contribution in [0.25, 0.3) is 0 Å². The third-order valence-corrected chi connectivity index (χ3v) is 6.40. The van der Waals surface area contributed by atoms with Crippen LogP contribution in [-0.2, 0) is 29.2 Å². The van der Waals surface area contributed by atoms with E-state index >= 15 is 0 Å². The predicted octanol–water partition coefficient (Wildman–Crippen LogP) is 3.82. The largest absolute Gasteiger partial charge is 0.417 e. The number of alkyl halides is 3. The number of hydrogen-bond donors (Lipinski definition) is 1. The summed E-state index contributed by atoms with van der Waals surface area (Å²) in [5.41, 5.74) is 1.54. The summed E-state index contributed by atoms with van der Waals surface area (Å²) in [7, 11) is -4.20. The van der Waals surface area contributed by atoms with Gasteiger partial charge in [-0.1, -0.05) is 36.4 Å². The Kier molecular flexibility index (Phi) is 6.42. The van der Waals surface area contributed by atoms with Crippen LogP contribution >= 0.6 is 0 Å². The Balaban J connectivity index is 1.48. The van der Waals surface area contributed by atoms with E-state index in [0.29, 0.717) is 6.42 Å². The Morgan fingerprint density at radius 2 is 1.64 bits per heavy atom. The van der Waals surface area contributed by atoms with Gasteiger partial charge in [-0.2, -0.15) is 13.2 Å². The van der Waals surface area contributed by atoms with E-state index in [0.717, 1.165) is 44.6 Å². The zero-order valence-corrected chi connectivity index (χ0v) is 16.2. The monoisotopic (exact) mass is 412 g/mol. The third-order valence-electron chi connectivity index (χ3n) is 4.88. The summed E-state index contributed by atoms with van der Waals surface area (Å²) in [5, 5.41) is 0. The lowest BCUT2D eigenvalue weighted by molar-refractivity contribution is -0.139. The van der Waals surface area contributed by atoms with Gasteiger partial charge < -0.3 is 0 Å². The van der Waals surface area contributed by atoms with Crippen molar-refractivity contribution in [2.75, 3.05) is 19.6 Å². The molecule has 3 rings (SSSR count). The molecule has 1 aliphatic heterocycles. The predicted molar refractivity (Wildman–Crippen MR) is 101 cm³/mol. The molecular formula is C20H23F3N2O2S. The van der Waals surface area contributed by atoms with E-state index in [2.05, 4.69) is 21.8 Å². The molecule has 0 fully saturated rings. The molecule has 0 aromatic heterocycles. The molecule has 0 amide bonds. The van der Waals surface area contributed by atoms with Gasteiger partial charge in [0.1, 0.15) is 0 Å². The van der Waals surface area contributed by atoms with Crippen molar-refractivity contribution in [1.82, 2.24) is 9.62 Å². The van der Waals surface area contributed by atoms with Gasteiger partial charge in [-0.05, 0) is 49.1 Å². The summed E-state index contributed by atoms with van der Waals surface area (Å²) >= 11 is 0. The van der Waals surface area contributed by atoms with Gasteiger partial charge in [-0.3, -0.25) is 4.90 Å². The third kappa shape index (κ3) is 5.12. The summed E-state index contributed by atoms with van der Waals surface area (Å²) in [6.45, 7) is 2.77. The SMILES string of the molecule is O=S(=O)(NCCCCN1CCc2ccccc2C1)c1ccccc1C(F)(F)F. The number of unbranched alkanes of at least 4 members (excludes halogenated alkanes) is 1. The molecule has 0 saturated carbocycles. The first-order valence-corrected chi connectivity index (χ1v) is 10.7. The highest BCUT2D eigenvalue weighted by molar-refractivity contribution is 7.89. The fourth-order valence-corrected chi connectivity index (χ4v) is 4.72. The summed E-state index contributed by atoms with van der Waals surface area (Å²) in [5.74, 6) is 0. The quantitative estimate of drug-likeness (QED) is 0.704. The molecule has 1 N–H and O–H groups in total. The van der Waals surface area contributed by atoms with E-state index in [-0.39, 0.29) is 6.54 Å². The molecule has 1 aliphatic rings. The van der Waals surface area contributed by atoms with E-state index in [9.17, 15) is 21.6 Å². The van der Waals surface area contributed by atoms with Crippen LogP contribution < -0.4 is 4.72 Å². The van der Waals surface area contributed by atoms with Gasteiger partial charge in [0.25, 0.3) is 0 Å². The molecule has 0 bridgehead atoms. The number of nitrogens with one attached hydrogen (secondary N) is 1. The van der Waals surface area contributed by atoms with Gasteiger partial charge in [0.15, 0.2) is 0 Å². The van der Waals surface area contributed by atoms with Crippen LogP contribution in [0, 0.1) is 0 Å². The molecule has 0 unspecified atom stereocenters. The summed E-state index contributed by atoms with van der Waals surface area (Å²) in [4.78, 5) is 1.59. The molecule has 0 aliphatic carbocycles. The standard InChI is InChI=1S/C20H23F3N2O2S/c21-20(22,23)18-9-3-4-10-19(18)28(26,27)24-12-5-6-13-25-14-11-16-7-1-2-8-17(16)15-25/h1-4,7-10,24H,5-6,11-15H2. The number of benzene rings is 2. The maximum absolute atomic E-state index is 13.0. The fraction of sp³-hybridized carbons (Fsp3) is 0.400. The summed E-state index contributed by atoms with van der Waals surface area (Å²) in [6, 6.07) is 12.6. The fourth-order valence-electron chi connectivity index (χ4n) is 3.42. The van der Waals surface area contributed by atoms with E-state index in [1.807, 2.05) is 12.1 Å². The lowest BCUT2D eigenvalue weighted by Crippen LogP contribution is -2.32. The Bertz CT molecular complexity index is 914. The smallest absolute Gasteiger partial charge is 0.299 e. The van der Waals surface area contributed by atoms with Gasteiger partial charge in [0, 0.05) is 19.6 Å². The van der Waals surface area contributed by atoms with Crippen molar-refractivity contribution in [1.29, 1.82) is 0 Å². The van der Waals surface area contributed by atoms with Crippen LogP contribution in [-0.4, -0.2) is 33.0 Å². The second kappa shape index (κ2) is 8.63. The van der Waals surface area contributed by atoms with Gasteiger partial charge in [-0.25, -0.2) is 13.1 Å². The number of fused-ring (bicyclic) bond motifs is 1. The van der Waals surface area contributed by atoms with Crippen molar-refractivity contribution < 1.29 is 21.6 Å². The van der Waals surface area contributed by atoms with Crippen molar-refractivity contribution >= 4 is 10.0 Å². The Hall–Kier alpha value is -1.90. The van der Waals surface area contributed by atoms with Crippen molar-refractivity contribution in [3.63, 3.8) is 0 Å². The molecular weight excluding hydrogens is 389 g/mol. The van der Waals surface area contributed by atoms with Gasteiger partial charge >= 0.3 is 6.18 Å². The zero-order valence-electron chi connectivity index (χ0n) is 15.4. The van der Waals surface area contributed by atoms with Gasteiger partial charge in [0.05, 0.1) is 10.5 Å². The second-order valence-corrected chi connectivity index (χ2v) is 8.63. The minimum Gasteiger partial charge on any atom is -0.299 e. The maximum Gasteiger partial charge on any atom is 0.417 e. The summed E-state index contributed by atoms with van der Waals surface area (Å²) < 4.78 is 66.0. The molecule has 1 heterocycles. The molecule has 152 valence electrons. The number of halogens is 3. The first-order chi connectivity index (χ1) is 13.3. The minimum atomic E-state index is -4.71. The zero-order chi connectivity index (χ0) is 20.2. The number of rotatable bonds is 7. The molecule has 4 nitrogen and oxygen atoms in total. The van der Waals surface area contributed by atoms with Gasteiger partial charge in [0.2, 0.25) is 10.0 Å². The molecule has 0 saturated heterocycles. The normalized spacial score (nSPS) is 15.4. The van der Waals surface area contributed by atoms with Crippen molar-refractivity contribution in [2.24, 2.45) is 0 Å². The van der Waals surface area contributed by atoms with Crippen molar-refractivity contribution in [3.8, 4) is 0 Å². The van der Waals surface area contributed by atoms with E-state index in [1.165, 1.54) is 23.3 Å². The maximum atomic E-state index is 13.0. The number of hydrogen-bond acceptors (Lipinski definition) is 3. The van der Waals surface area contributed by atoms with E-state index < -0.39 is 26.7 Å². The molecule has 28 heavy (non-hydrogen) atoms. The number of sulfonamides is 1. The first-order valence-electron chi connectivity index (χ1n) is 9.22. The highest BCUT2D eigenvalue weighted by Gasteiger charge is 2.36. The first kappa shape index (κ1) is 20.8. The Morgan fingerprint density at radius 1 is 0.964 bits per heavy atom. The highest BCUT2D eigenvalue weighted by Crippen LogP contribution is 2.33. The molecule has 2 aromatic rings. The Labute approximate surface area is 163 Å². The average Bonchev–Trinajstić information content (AvgIpc) is 2.67. The van der Waals surface area contributed by atoms with Crippen LogP contribution in [0.3, 0.4) is 0 Å². The lowest BCUT2D eigenvalue weighted by Gasteiger charge is -2.28. The number of nitrogens with zero attached hydrogens (tertiary/aromatic N) is 1. The molecule has 0 spiro atoms. The van der Waals surface area contributed by atoms with Crippen LogP contribution in [0.15, 0.2) is 53.4 Å². The van der Waals surface area contributed by atoms with Crippen LogP contribution in [0.2, 0.25) is 0 Å². The minimum absolute atomic E-state index is 0.110. The molecule has 0 radical (unpaired) electrons. The topological polar surface area (TPSA) is 49.4 Å². The van der Waals surface area contributed by atoms with Crippen LogP contribution in [0.1, 0.15) is 29.5 Å². The van der Waals surface area contributed by atoms with E-state index in [1.54, 1.807) is 0 Å². The second-order valence-electron chi connectivity index (χ2n) is 6.89. The average molecular weight is 412 g/mol. The van der Waals surface area contributed by atoms with Crippen LogP contribution in [0.4, 0.5) is 13.2 Å². The molecule has 0 atom stereocenters.